The van der Waals surface area contributed by atoms with Gasteiger partial charge in [0.15, 0.2) is 0 Å². The van der Waals surface area contributed by atoms with Gasteiger partial charge in [0.05, 0.1) is 11.0 Å². The summed E-state index contributed by atoms with van der Waals surface area (Å²) in [6.07, 6.45) is 4.89. The average molecular weight is 290 g/mol. The topological polar surface area (TPSA) is 17.8 Å². The summed E-state index contributed by atoms with van der Waals surface area (Å²) >= 11 is 4.68. The third-order valence-corrected chi connectivity index (χ3v) is 4.91. The van der Waals surface area contributed by atoms with Crippen molar-refractivity contribution in [2.45, 2.75) is 53.0 Å². The smallest absolute Gasteiger partial charge is 0.106 e. The highest BCUT2D eigenvalue weighted by Crippen LogP contribution is 2.34. The molecule has 20 heavy (non-hydrogen) atoms. The Balaban J connectivity index is 2.39. The van der Waals surface area contributed by atoms with Gasteiger partial charge in [-0.05, 0) is 43.1 Å². The lowest BCUT2D eigenvalue weighted by molar-refractivity contribution is 0.233. The van der Waals surface area contributed by atoms with Gasteiger partial charge in [-0.1, -0.05) is 38.8 Å². The van der Waals surface area contributed by atoms with E-state index in [9.17, 15) is 0 Å². The van der Waals surface area contributed by atoms with Gasteiger partial charge < -0.3 is 4.57 Å². The van der Waals surface area contributed by atoms with Crippen molar-refractivity contribution in [1.29, 1.82) is 0 Å². The highest BCUT2D eigenvalue weighted by atomic mass is 32.1. The van der Waals surface area contributed by atoms with E-state index in [-0.39, 0.29) is 0 Å². The summed E-state index contributed by atoms with van der Waals surface area (Å²) in [6.45, 7) is 7.69. The molecule has 0 radical (unpaired) electrons. The molecule has 0 saturated carbocycles. The zero-order valence-corrected chi connectivity index (χ0v) is 13.8. The van der Waals surface area contributed by atoms with Gasteiger partial charge in [0, 0.05) is 6.54 Å². The molecule has 0 unspecified atom stereocenters. The molecule has 0 N–H and O–H groups in total. The van der Waals surface area contributed by atoms with Crippen molar-refractivity contribution in [2.24, 2.45) is 5.41 Å². The number of fused-ring (bicyclic) bond motifs is 1. The fourth-order valence-corrected chi connectivity index (χ4v) is 3.70. The summed E-state index contributed by atoms with van der Waals surface area (Å²) in [5.74, 6) is 2.06. The van der Waals surface area contributed by atoms with Crippen LogP contribution < -0.4 is 0 Å². The number of hydrogen-bond donors (Lipinski definition) is 1. The van der Waals surface area contributed by atoms with Crippen molar-refractivity contribution in [3.63, 3.8) is 0 Å². The number of benzene rings is 1. The summed E-state index contributed by atoms with van der Waals surface area (Å²) in [4.78, 5) is 4.69. The lowest BCUT2D eigenvalue weighted by Crippen LogP contribution is -2.29. The van der Waals surface area contributed by atoms with Crippen LogP contribution in [-0.4, -0.2) is 15.3 Å². The Morgan fingerprint density at radius 1 is 1.15 bits per heavy atom. The number of nitrogens with zero attached hydrogens (tertiary/aromatic N) is 2. The minimum Gasteiger partial charge on any atom is -0.328 e. The molecule has 0 fully saturated rings. The number of aryl methyl sites for hydroxylation is 1. The monoisotopic (exact) mass is 290 g/mol. The van der Waals surface area contributed by atoms with Crippen LogP contribution in [0.25, 0.3) is 11.0 Å². The van der Waals surface area contributed by atoms with Crippen LogP contribution in [0.2, 0.25) is 0 Å². The molecular formula is C17H26N2S. The normalized spacial score (nSPS) is 12.2. The maximum absolute atomic E-state index is 4.69. The highest BCUT2D eigenvalue weighted by Gasteiger charge is 2.28. The molecular weight excluding hydrogens is 264 g/mol. The zero-order chi connectivity index (χ0) is 14.6. The number of aromatic nitrogens is 2. The van der Waals surface area contributed by atoms with E-state index in [1.54, 1.807) is 0 Å². The summed E-state index contributed by atoms with van der Waals surface area (Å²) in [7, 11) is 0. The van der Waals surface area contributed by atoms with Gasteiger partial charge in [-0.25, -0.2) is 4.98 Å². The number of imidazole rings is 1. The van der Waals surface area contributed by atoms with E-state index in [2.05, 4.69) is 67.2 Å². The molecule has 2 nitrogen and oxygen atoms in total. The molecule has 0 aliphatic carbocycles. The Bertz CT molecular complexity index is 553. The number of rotatable bonds is 7. The Morgan fingerprint density at radius 3 is 2.40 bits per heavy atom. The minimum atomic E-state index is 0.293. The molecule has 0 aliphatic heterocycles. The van der Waals surface area contributed by atoms with Gasteiger partial charge in [0.2, 0.25) is 0 Å². The Labute approximate surface area is 128 Å². The van der Waals surface area contributed by atoms with Crippen LogP contribution in [0.4, 0.5) is 0 Å². The number of hydrogen-bond acceptors (Lipinski definition) is 2. The van der Waals surface area contributed by atoms with Crippen LogP contribution in [0.15, 0.2) is 24.3 Å². The lowest BCUT2D eigenvalue weighted by Gasteiger charge is -2.33. The SMILES string of the molecule is CCCC(CS)(CCC)Cn1c(C)nc2ccccc21. The molecule has 0 saturated heterocycles. The van der Waals surface area contributed by atoms with E-state index in [0.717, 1.165) is 23.6 Å². The Kier molecular flexibility index (Phi) is 5.14. The molecule has 3 heteroatoms. The molecule has 1 aromatic heterocycles. The lowest BCUT2D eigenvalue weighted by atomic mass is 9.80. The Morgan fingerprint density at radius 2 is 1.80 bits per heavy atom. The Hall–Kier alpha value is -0.960. The van der Waals surface area contributed by atoms with Crippen LogP contribution in [0.5, 0.6) is 0 Å². The van der Waals surface area contributed by atoms with Gasteiger partial charge in [-0.2, -0.15) is 12.6 Å². The molecule has 1 aromatic carbocycles. The molecule has 0 aliphatic rings. The van der Waals surface area contributed by atoms with Crippen LogP contribution in [-0.2, 0) is 6.54 Å². The first kappa shape index (κ1) is 15.4. The maximum atomic E-state index is 4.69. The molecule has 0 spiro atoms. The van der Waals surface area contributed by atoms with E-state index in [0.29, 0.717) is 5.41 Å². The number of para-hydroxylation sites is 2. The van der Waals surface area contributed by atoms with Crippen LogP contribution in [0, 0.1) is 12.3 Å². The fourth-order valence-electron chi connectivity index (χ4n) is 3.28. The summed E-state index contributed by atoms with van der Waals surface area (Å²) < 4.78 is 2.39. The third-order valence-electron chi connectivity index (χ3n) is 4.24. The van der Waals surface area contributed by atoms with Gasteiger partial charge in [-0.3, -0.25) is 0 Å². The maximum Gasteiger partial charge on any atom is 0.106 e. The zero-order valence-electron chi connectivity index (χ0n) is 12.9. The van der Waals surface area contributed by atoms with E-state index >= 15 is 0 Å². The fraction of sp³-hybridized carbons (Fsp3) is 0.588. The summed E-state index contributed by atoms with van der Waals surface area (Å²) in [6, 6.07) is 8.43. The van der Waals surface area contributed by atoms with Gasteiger partial charge >= 0.3 is 0 Å². The summed E-state index contributed by atoms with van der Waals surface area (Å²) in [5, 5.41) is 0. The minimum absolute atomic E-state index is 0.293. The number of thiol groups is 1. The van der Waals surface area contributed by atoms with E-state index in [4.69, 9.17) is 0 Å². The van der Waals surface area contributed by atoms with Crippen LogP contribution in [0.3, 0.4) is 0 Å². The van der Waals surface area contributed by atoms with Crippen molar-refractivity contribution in [3.05, 3.63) is 30.1 Å². The molecule has 0 atom stereocenters. The van der Waals surface area contributed by atoms with Crippen molar-refractivity contribution in [2.75, 3.05) is 5.75 Å². The summed E-state index contributed by atoms with van der Waals surface area (Å²) in [5.41, 5.74) is 2.65. The molecule has 0 amide bonds. The first-order chi connectivity index (χ1) is 9.65. The van der Waals surface area contributed by atoms with Gasteiger partial charge in [0.1, 0.15) is 5.82 Å². The molecule has 1 heterocycles. The molecule has 2 rings (SSSR count). The first-order valence-corrected chi connectivity index (χ1v) is 8.32. The predicted molar refractivity (Wildman–Crippen MR) is 90.6 cm³/mol. The molecule has 110 valence electrons. The van der Waals surface area contributed by atoms with Crippen LogP contribution in [0.1, 0.15) is 45.4 Å². The highest BCUT2D eigenvalue weighted by molar-refractivity contribution is 7.80. The van der Waals surface area contributed by atoms with Gasteiger partial charge in [-0.15, -0.1) is 0 Å². The standard InChI is InChI=1S/C17H26N2S/c1-4-10-17(13-20,11-5-2)12-19-14(3)18-15-8-6-7-9-16(15)19/h6-9,20H,4-5,10-13H2,1-3H3. The van der Waals surface area contributed by atoms with Crippen molar-refractivity contribution in [3.8, 4) is 0 Å². The van der Waals surface area contributed by atoms with Gasteiger partial charge in [0.25, 0.3) is 0 Å². The molecule has 2 aromatic rings. The quantitative estimate of drug-likeness (QED) is 0.721. The molecule has 0 bridgehead atoms. The predicted octanol–water partition coefficient (Wildman–Crippen LogP) is 4.86. The second kappa shape index (κ2) is 6.66. The second-order valence-corrected chi connectivity index (χ2v) is 6.21. The van der Waals surface area contributed by atoms with E-state index in [1.165, 1.54) is 31.2 Å². The van der Waals surface area contributed by atoms with E-state index < -0.39 is 0 Å². The third kappa shape index (κ3) is 3.03. The van der Waals surface area contributed by atoms with Crippen molar-refractivity contribution in [1.82, 2.24) is 9.55 Å². The largest absolute Gasteiger partial charge is 0.328 e. The first-order valence-electron chi connectivity index (χ1n) is 7.68. The van der Waals surface area contributed by atoms with E-state index in [1.807, 2.05) is 0 Å². The average Bonchev–Trinajstić information content (AvgIpc) is 2.75. The van der Waals surface area contributed by atoms with Crippen molar-refractivity contribution >= 4 is 23.7 Å². The van der Waals surface area contributed by atoms with Crippen molar-refractivity contribution < 1.29 is 0 Å². The van der Waals surface area contributed by atoms with Crippen LogP contribution >= 0.6 is 12.6 Å². The second-order valence-electron chi connectivity index (χ2n) is 5.89.